The Bertz CT molecular complexity index is 847. The standard InChI is InChI=1S/C20H22N4O/c1-14-5-4-6-16(11-14)13-21-19-12-20(23-15(2)22-19)24-17-7-9-18(25-3)10-8-17/h4-12H,13H2,1-3H3,(H2,21,22,23,24). The monoisotopic (exact) mass is 334 g/mol. The third-order valence-electron chi connectivity index (χ3n) is 3.76. The molecule has 5 heteroatoms. The Balaban J connectivity index is 1.71. The van der Waals surface area contributed by atoms with Crippen molar-refractivity contribution >= 4 is 17.3 Å². The summed E-state index contributed by atoms with van der Waals surface area (Å²) >= 11 is 0. The Hall–Kier alpha value is -3.08. The average molecular weight is 334 g/mol. The van der Waals surface area contributed by atoms with Crippen molar-refractivity contribution in [2.24, 2.45) is 0 Å². The lowest BCUT2D eigenvalue weighted by molar-refractivity contribution is 0.415. The van der Waals surface area contributed by atoms with E-state index in [1.165, 1.54) is 11.1 Å². The van der Waals surface area contributed by atoms with Crippen LogP contribution in [0.25, 0.3) is 0 Å². The highest BCUT2D eigenvalue weighted by Gasteiger charge is 2.03. The van der Waals surface area contributed by atoms with Gasteiger partial charge in [0.05, 0.1) is 7.11 Å². The van der Waals surface area contributed by atoms with Crippen LogP contribution in [0.4, 0.5) is 17.3 Å². The van der Waals surface area contributed by atoms with Gasteiger partial charge in [0.1, 0.15) is 23.2 Å². The first-order valence-electron chi connectivity index (χ1n) is 8.18. The van der Waals surface area contributed by atoms with E-state index in [0.29, 0.717) is 5.82 Å². The number of methoxy groups -OCH3 is 1. The van der Waals surface area contributed by atoms with Crippen molar-refractivity contribution in [1.29, 1.82) is 0 Å². The van der Waals surface area contributed by atoms with Gasteiger partial charge in [-0.2, -0.15) is 0 Å². The first-order valence-corrected chi connectivity index (χ1v) is 8.18. The lowest BCUT2D eigenvalue weighted by Crippen LogP contribution is -2.05. The van der Waals surface area contributed by atoms with E-state index in [1.807, 2.05) is 37.3 Å². The van der Waals surface area contributed by atoms with E-state index >= 15 is 0 Å². The van der Waals surface area contributed by atoms with Crippen LogP contribution in [0.15, 0.2) is 54.6 Å². The summed E-state index contributed by atoms with van der Waals surface area (Å²) < 4.78 is 5.18. The second-order valence-electron chi connectivity index (χ2n) is 5.88. The van der Waals surface area contributed by atoms with Crippen molar-refractivity contribution in [3.8, 4) is 5.75 Å². The normalized spacial score (nSPS) is 10.4. The number of hydrogen-bond acceptors (Lipinski definition) is 5. The molecule has 0 radical (unpaired) electrons. The molecule has 0 unspecified atom stereocenters. The summed E-state index contributed by atoms with van der Waals surface area (Å²) in [6, 6.07) is 18.1. The van der Waals surface area contributed by atoms with E-state index in [2.05, 4.69) is 51.8 Å². The van der Waals surface area contributed by atoms with Gasteiger partial charge in [0, 0.05) is 18.3 Å². The van der Waals surface area contributed by atoms with Crippen molar-refractivity contribution in [2.75, 3.05) is 17.7 Å². The molecule has 1 aromatic heterocycles. The molecule has 2 aromatic carbocycles. The van der Waals surface area contributed by atoms with Gasteiger partial charge in [0.25, 0.3) is 0 Å². The molecule has 0 aliphatic heterocycles. The molecular weight excluding hydrogens is 312 g/mol. The third-order valence-corrected chi connectivity index (χ3v) is 3.76. The minimum atomic E-state index is 0.713. The Labute approximate surface area is 148 Å². The Morgan fingerprint density at radius 1 is 0.920 bits per heavy atom. The number of anilines is 3. The number of aryl methyl sites for hydroxylation is 2. The Morgan fingerprint density at radius 2 is 1.68 bits per heavy atom. The van der Waals surface area contributed by atoms with Gasteiger partial charge in [-0.3, -0.25) is 0 Å². The average Bonchev–Trinajstić information content (AvgIpc) is 2.60. The van der Waals surface area contributed by atoms with Crippen LogP contribution in [0, 0.1) is 13.8 Å². The number of nitrogens with zero attached hydrogens (tertiary/aromatic N) is 2. The van der Waals surface area contributed by atoms with Gasteiger partial charge in [-0.1, -0.05) is 29.8 Å². The van der Waals surface area contributed by atoms with Gasteiger partial charge in [-0.05, 0) is 43.7 Å². The van der Waals surface area contributed by atoms with Crippen LogP contribution < -0.4 is 15.4 Å². The van der Waals surface area contributed by atoms with E-state index < -0.39 is 0 Å². The highest BCUT2D eigenvalue weighted by atomic mass is 16.5. The molecule has 0 bridgehead atoms. The number of benzene rings is 2. The summed E-state index contributed by atoms with van der Waals surface area (Å²) in [4.78, 5) is 8.91. The molecule has 0 fully saturated rings. The van der Waals surface area contributed by atoms with Gasteiger partial charge >= 0.3 is 0 Å². The smallest absolute Gasteiger partial charge is 0.136 e. The number of hydrogen-bond donors (Lipinski definition) is 2. The third kappa shape index (κ3) is 4.70. The van der Waals surface area contributed by atoms with E-state index in [1.54, 1.807) is 7.11 Å². The molecule has 0 saturated heterocycles. The predicted octanol–water partition coefficient (Wildman–Crippen LogP) is 4.46. The van der Waals surface area contributed by atoms with Gasteiger partial charge in [0.15, 0.2) is 0 Å². The lowest BCUT2D eigenvalue weighted by Gasteiger charge is -2.11. The molecule has 25 heavy (non-hydrogen) atoms. The van der Waals surface area contributed by atoms with E-state index in [9.17, 15) is 0 Å². The van der Waals surface area contributed by atoms with Gasteiger partial charge in [-0.15, -0.1) is 0 Å². The SMILES string of the molecule is COc1ccc(Nc2cc(NCc3cccc(C)c3)nc(C)n2)cc1. The molecule has 1 heterocycles. The summed E-state index contributed by atoms with van der Waals surface area (Å²) in [5, 5.41) is 6.66. The molecule has 0 spiro atoms. The van der Waals surface area contributed by atoms with E-state index in [0.717, 1.165) is 29.6 Å². The predicted molar refractivity (Wildman–Crippen MR) is 102 cm³/mol. The first kappa shape index (κ1) is 16.8. The number of ether oxygens (including phenoxy) is 1. The molecular formula is C20H22N4O. The zero-order valence-corrected chi connectivity index (χ0v) is 14.7. The largest absolute Gasteiger partial charge is 0.497 e. The number of rotatable bonds is 6. The molecule has 0 saturated carbocycles. The van der Waals surface area contributed by atoms with Gasteiger partial charge < -0.3 is 15.4 Å². The maximum absolute atomic E-state index is 5.18. The quantitative estimate of drug-likeness (QED) is 0.697. The van der Waals surface area contributed by atoms with Crippen molar-refractivity contribution in [1.82, 2.24) is 9.97 Å². The second-order valence-corrected chi connectivity index (χ2v) is 5.88. The molecule has 0 aliphatic carbocycles. The molecule has 128 valence electrons. The topological polar surface area (TPSA) is 59.1 Å². The maximum Gasteiger partial charge on any atom is 0.136 e. The zero-order valence-electron chi connectivity index (χ0n) is 14.7. The van der Waals surface area contributed by atoms with Crippen molar-refractivity contribution < 1.29 is 4.74 Å². The number of aromatic nitrogens is 2. The summed E-state index contributed by atoms with van der Waals surface area (Å²) in [5.41, 5.74) is 3.42. The molecule has 0 aliphatic rings. The van der Waals surface area contributed by atoms with Gasteiger partial charge in [0.2, 0.25) is 0 Å². The fraction of sp³-hybridized carbons (Fsp3) is 0.200. The van der Waals surface area contributed by atoms with Crippen molar-refractivity contribution in [3.05, 3.63) is 71.5 Å². The summed E-state index contributed by atoms with van der Waals surface area (Å²) in [6.07, 6.45) is 0. The molecule has 3 aromatic rings. The minimum Gasteiger partial charge on any atom is -0.497 e. The Morgan fingerprint density at radius 3 is 2.40 bits per heavy atom. The number of nitrogens with one attached hydrogen (secondary N) is 2. The fourth-order valence-electron chi connectivity index (χ4n) is 2.56. The lowest BCUT2D eigenvalue weighted by atomic mass is 10.1. The van der Waals surface area contributed by atoms with Crippen LogP contribution in [0.3, 0.4) is 0 Å². The van der Waals surface area contributed by atoms with Crippen LogP contribution in [0.1, 0.15) is 17.0 Å². The minimum absolute atomic E-state index is 0.713. The van der Waals surface area contributed by atoms with Crippen LogP contribution in [0.2, 0.25) is 0 Å². The molecule has 3 rings (SSSR count). The van der Waals surface area contributed by atoms with Gasteiger partial charge in [-0.25, -0.2) is 9.97 Å². The van der Waals surface area contributed by atoms with E-state index in [-0.39, 0.29) is 0 Å². The summed E-state index contributed by atoms with van der Waals surface area (Å²) in [5.74, 6) is 3.09. The zero-order chi connectivity index (χ0) is 17.6. The maximum atomic E-state index is 5.18. The van der Waals surface area contributed by atoms with Crippen LogP contribution >= 0.6 is 0 Å². The summed E-state index contributed by atoms with van der Waals surface area (Å²) in [6.45, 7) is 4.70. The highest BCUT2D eigenvalue weighted by Crippen LogP contribution is 2.20. The van der Waals surface area contributed by atoms with Crippen molar-refractivity contribution in [3.63, 3.8) is 0 Å². The fourth-order valence-corrected chi connectivity index (χ4v) is 2.56. The van der Waals surface area contributed by atoms with E-state index in [4.69, 9.17) is 4.74 Å². The Kier molecular flexibility index (Phi) is 5.14. The molecule has 2 N–H and O–H groups in total. The molecule has 5 nitrogen and oxygen atoms in total. The second kappa shape index (κ2) is 7.66. The molecule has 0 amide bonds. The van der Waals surface area contributed by atoms with Crippen LogP contribution in [-0.2, 0) is 6.54 Å². The first-order chi connectivity index (χ1) is 12.1. The van der Waals surface area contributed by atoms with Crippen LogP contribution in [0.5, 0.6) is 5.75 Å². The molecule has 0 atom stereocenters. The van der Waals surface area contributed by atoms with Crippen molar-refractivity contribution in [2.45, 2.75) is 20.4 Å². The summed E-state index contributed by atoms with van der Waals surface area (Å²) in [7, 11) is 1.66. The van der Waals surface area contributed by atoms with Crippen LogP contribution in [-0.4, -0.2) is 17.1 Å². The highest BCUT2D eigenvalue weighted by molar-refractivity contribution is 5.60.